The molecule has 0 unspecified atom stereocenters. The summed E-state index contributed by atoms with van der Waals surface area (Å²) >= 11 is 14.8. The molecule has 2 rings (SSSR count). The average Bonchev–Trinajstić information content (AvgIpc) is 2.39. The SMILES string of the molecule is O=C(Nc1cc(Cl)cc(Cl)c1)Nc1ncc(Br)cc1C(=O)O. The van der Waals surface area contributed by atoms with E-state index in [-0.39, 0.29) is 11.4 Å². The van der Waals surface area contributed by atoms with E-state index in [9.17, 15) is 9.59 Å². The van der Waals surface area contributed by atoms with Crippen LogP contribution in [0.15, 0.2) is 34.9 Å². The zero-order valence-electron chi connectivity index (χ0n) is 10.7. The maximum atomic E-state index is 11.9. The number of rotatable bonds is 3. The van der Waals surface area contributed by atoms with Gasteiger partial charge in [-0.05, 0) is 40.2 Å². The first-order valence-corrected chi connectivity index (χ1v) is 7.33. The quantitative estimate of drug-likeness (QED) is 0.702. The van der Waals surface area contributed by atoms with E-state index >= 15 is 0 Å². The van der Waals surface area contributed by atoms with Crippen LogP contribution in [0.5, 0.6) is 0 Å². The Hall–Kier alpha value is -1.83. The Kier molecular flexibility index (Phi) is 5.23. The molecule has 2 amide bonds. The lowest BCUT2D eigenvalue weighted by molar-refractivity contribution is 0.0697. The molecule has 0 saturated heterocycles. The summed E-state index contributed by atoms with van der Waals surface area (Å²) in [6, 6.07) is 5.18. The van der Waals surface area contributed by atoms with Crippen LogP contribution in [0, 0.1) is 0 Å². The number of pyridine rings is 1. The van der Waals surface area contributed by atoms with Gasteiger partial charge in [-0.2, -0.15) is 0 Å². The molecule has 0 fully saturated rings. The van der Waals surface area contributed by atoms with Crippen LogP contribution in [0.1, 0.15) is 10.4 Å². The Morgan fingerprint density at radius 1 is 1.09 bits per heavy atom. The number of hydrogen-bond acceptors (Lipinski definition) is 3. The van der Waals surface area contributed by atoms with Crippen LogP contribution in [-0.2, 0) is 0 Å². The third-order valence-electron chi connectivity index (χ3n) is 2.44. The largest absolute Gasteiger partial charge is 0.478 e. The number of carbonyl (C=O) groups is 2. The molecular weight excluding hydrogens is 397 g/mol. The number of anilines is 2. The van der Waals surface area contributed by atoms with E-state index in [2.05, 4.69) is 31.5 Å². The smallest absolute Gasteiger partial charge is 0.339 e. The van der Waals surface area contributed by atoms with E-state index < -0.39 is 12.0 Å². The highest BCUT2D eigenvalue weighted by Gasteiger charge is 2.15. The molecule has 1 aromatic carbocycles. The van der Waals surface area contributed by atoms with Gasteiger partial charge in [0.15, 0.2) is 0 Å². The second kappa shape index (κ2) is 6.95. The lowest BCUT2D eigenvalue weighted by Gasteiger charge is -2.10. The van der Waals surface area contributed by atoms with Crippen LogP contribution in [0.4, 0.5) is 16.3 Å². The van der Waals surface area contributed by atoms with E-state index in [4.69, 9.17) is 28.3 Å². The monoisotopic (exact) mass is 403 g/mol. The van der Waals surface area contributed by atoms with Crippen molar-refractivity contribution in [3.8, 4) is 0 Å². The van der Waals surface area contributed by atoms with Crippen molar-refractivity contribution in [2.45, 2.75) is 0 Å². The van der Waals surface area contributed by atoms with Gasteiger partial charge < -0.3 is 10.4 Å². The van der Waals surface area contributed by atoms with Crippen LogP contribution < -0.4 is 10.6 Å². The van der Waals surface area contributed by atoms with Gasteiger partial charge in [0, 0.05) is 26.4 Å². The number of carboxylic acids is 1. The molecule has 1 heterocycles. The fourth-order valence-corrected chi connectivity index (χ4v) is 2.46. The van der Waals surface area contributed by atoms with Gasteiger partial charge in [-0.25, -0.2) is 14.6 Å². The summed E-state index contributed by atoms with van der Waals surface area (Å²) < 4.78 is 0.484. The van der Waals surface area contributed by atoms with Crippen LogP contribution in [0.2, 0.25) is 10.0 Å². The predicted molar refractivity (Wildman–Crippen MR) is 88.0 cm³/mol. The molecule has 0 bridgehead atoms. The molecule has 0 aliphatic rings. The molecule has 0 saturated carbocycles. The highest BCUT2D eigenvalue weighted by molar-refractivity contribution is 9.10. The minimum atomic E-state index is -1.21. The summed E-state index contributed by atoms with van der Waals surface area (Å²) in [5.74, 6) is -1.30. The number of nitrogens with one attached hydrogen (secondary N) is 2. The highest BCUT2D eigenvalue weighted by atomic mass is 79.9. The minimum Gasteiger partial charge on any atom is -0.478 e. The summed E-state index contributed by atoms with van der Waals surface area (Å²) in [6.45, 7) is 0. The first-order valence-electron chi connectivity index (χ1n) is 5.78. The first-order chi connectivity index (χ1) is 10.3. The van der Waals surface area contributed by atoms with Gasteiger partial charge >= 0.3 is 12.0 Å². The highest BCUT2D eigenvalue weighted by Crippen LogP contribution is 2.23. The lowest BCUT2D eigenvalue weighted by atomic mass is 10.2. The number of carbonyl (C=O) groups excluding carboxylic acids is 1. The van der Waals surface area contributed by atoms with Crippen molar-refractivity contribution in [2.75, 3.05) is 10.6 Å². The third kappa shape index (κ3) is 4.33. The maximum Gasteiger partial charge on any atom is 0.339 e. The number of aromatic carboxylic acids is 1. The van der Waals surface area contributed by atoms with Gasteiger partial charge in [0.05, 0.1) is 0 Å². The van der Waals surface area contributed by atoms with Crippen molar-refractivity contribution in [3.63, 3.8) is 0 Å². The minimum absolute atomic E-state index is 0.0821. The molecule has 0 radical (unpaired) electrons. The summed E-state index contributed by atoms with van der Waals surface area (Å²) in [5, 5.41) is 14.7. The number of halogens is 3. The maximum absolute atomic E-state index is 11.9. The van der Waals surface area contributed by atoms with Crippen molar-refractivity contribution in [3.05, 3.63) is 50.5 Å². The normalized spacial score (nSPS) is 10.1. The van der Waals surface area contributed by atoms with Gasteiger partial charge in [-0.15, -0.1) is 0 Å². The van der Waals surface area contributed by atoms with Crippen LogP contribution in [0.3, 0.4) is 0 Å². The molecule has 0 aliphatic carbocycles. The van der Waals surface area contributed by atoms with E-state index in [1.165, 1.54) is 30.5 Å². The van der Waals surface area contributed by atoms with Crippen molar-refractivity contribution in [1.82, 2.24) is 4.98 Å². The molecule has 6 nitrogen and oxygen atoms in total. The molecule has 0 aliphatic heterocycles. The first kappa shape index (κ1) is 16.5. The fourth-order valence-electron chi connectivity index (χ4n) is 1.60. The number of urea groups is 1. The van der Waals surface area contributed by atoms with Crippen molar-refractivity contribution in [2.24, 2.45) is 0 Å². The van der Waals surface area contributed by atoms with Gasteiger partial charge in [0.1, 0.15) is 11.4 Å². The zero-order chi connectivity index (χ0) is 16.3. The molecule has 0 atom stereocenters. The van der Waals surface area contributed by atoms with Crippen molar-refractivity contribution < 1.29 is 14.7 Å². The Morgan fingerprint density at radius 2 is 1.73 bits per heavy atom. The van der Waals surface area contributed by atoms with Gasteiger partial charge in [0.2, 0.25) is 0 Å². The van der Waals surface area contributed by atoms with E-state index in [0.717, 1.165) is 0 Å². The van der Waals surface area contributed by atoms with Crippen molar-refractivity contribution >= 4 is 62.6 Å². The molecule has 1 aromatic heterocycles. The number of amides is 2. The number of hydrogen-bond donors (Lipinski definition) is 3. The van der Waals surface area contributed by atoms with Crippen LogP contribution in [-0.4, -0.2) is 22.1 Å². The van der Waals surface area contributed by atoms with E-state index in [0.29, 0.717) is 20.2 Å². The van der Waals surface area contributed by atoms with E-state index in [1.54, 1.807) is 0 Å². The zero-order valence-corrected chi connectivity index (χ0v) is 13.8. The molecule has 9 heteroatoms. The summed E-state index contributed by atoms with van der Waals surface area (Å²) in [4.78, 5) is 26.9. The van der Waals surface area contributed by atoms with E-state index in [1.807, 2.05) is 0 Å². The van der Waals surface area contributed by atoms with Gasteiger partial charge in [0.25, 0.3) is 0 Å². The summed E-state index contributed by atoms with van der Waals surface area (Å²) in [6.07, 6.45) is 1.37. The van der Waals surface area contributed by atoms with Gasteiger partial charge in [-0.1, -0.05) is 23.2 Å². The Morgan fingerprint density at radius 3 is 2.32 bits per heavy atom. The van der Waals surface area contributed by atoms with Crippen LogP contribution >= 0.6 is 39.1 Å². The standard InChI is InChI=1S/C13H8BrCl2N3O3/c14-6-1-10(12(20)21)11(17-5-6)19-13(22)18-9-3-7(15)2-8(16)4-9/h1-5H,(H,20,21)(H2,17,18,19,22). The molecule has 2 aromatic rings. The fraction of sp³-hybridized carbons (Fsp3) is 0. The topological polar surface area (TPSA) is 91.3 Å². The molecule has 0 spiro atoms. The van der Waals surface area contributed by atoms with Crippen molar-refractivity contribution in [1.29, 1.82) is 0 Å². The molecule has 22 heavy (non-hydrogen) atoms. The second-order valence-corrected chi connectivity index (χ2v) is 5.88. The Labute approximate surface area is 143 Å². The number of carboxylic acid groups (broad SMARTS) is 1. The summed E-state index contributed by atoms with van der Waals surface area (Å²) in [5.41, 5.74) is 0.220. The van der Waals surface area contributed by atoms with Gasteiger partial charge in [-0.3, -0.25) is 5.32 Å². The lowest BCUT2D eigenvalue weighted by Crippen LogP contribution is -2.21. The molecule has 3 N–H and O–H groups in total. The average molecular weight is 405 g/mol. The number of benzene rings is 1. The Balaban J connectivity index is 2.17. The van der Waals surface area contributed by atoms with Crippen LogP contribution in [0.25, 0.3) is 0 Å². The Bertz CT molecular complexity index is 735. The second-order valence-electron chi connectivity index (χ2n) is 4.09. The number of aromatic nitrogens is 1. The molecular formula is C13H8BrCl2N3O3. The molecule has 114 valence electrons. The third-order valence-corrected chi connectivity index (χ3v) is 3.31. The summed E-state index contributed by atoms with van der Waals surface area (Å²) in [7, 11) is 0. The predicted octanol–water partition coefficient (Wildman–Crippen LogP) is 4.49. The number of nitrogens with zero attached hydrogens (tertiary/aromatic N) is 1.